The Morgan fingerprint density at radius 1 is 1.33 bits per heavy atom. The lowest BCUT2D eigenvalue weighted by Gasteiger charge is -2.16. The predicted molar refractivity (Wildman–Crippen MR) is 98.3 cm³/mol. The molecular weight excluding hydrogens is 376 g/mol. The van der Waals surface area contributed by atoms with E-state index in [1.54, 1.807) is 41.8 Å². The quantitative estimate of drug-likeness (QED) is 0.459. The summed E-state index contributed by atoms with van der Waals surface area (Å²) in [5.74, 6) is 0.572. The number of hydrogen-bond acceptors (Lipinski definition) is 5. The van der Waals surface area contributed by atoms with Gasteiger partial charge in [0.2, 0.25) is 0 Å². The van der Waals surface area contributed by atoms with Gasteiger partial charge in [-0.15, -0.1) is 0 Å². The van der Waals surface area contributed by atoms with E-state index >= 15 is 0 Å². The zero-order valence-electron chi connectivity index (χ0n) is 15.1. The fourth-order valence-electron chi connectivity index (χ4n) is 3.05. The number of aromatic nitrogens is 2. The van der Waals surface area contributed by atoms with Crippen LogP contribution in [-0.2, 0) is 18.0 Å². The van der Waals surface area contributed by atoms with Crippen molar-refractivity contribution >= 4 is 29.2 Å². The summed E-state index contributed by atoms with van der Waals surface area (Å²) in [5, 5.41) is 0. The van der Waals surface area contributed by atoms with Crippen LogP contribution in [0.15, 0.2) is 34.7 Å². The van der Waals surface area contributed by atoms with E-state index in [0.717, 1.165) is 4.57 Å². The summed E-state index contributed by atoms with van der Waals surface area (Å²) in [6.07, 6.45) is 0. The average molecular weight is 395 g/mol. The second-order valence-electron chi connectivity index (χ2n) is 6.18. The van der Waals surface area contributed by atoms with Crippen molar-refractivity contribution in [3.05, 3.63) is 52.2 Å². The molecule has 9 heteroatoms. The number of nitrogens with zero attached hydrogens (tertiary/aromatic N) is 3. The van der Waals surface area contributed by atoms with E-state index in [1.807, 2.05) is 11.9 Å². The van der Waals surface area contributed by atoms with Crippen molar-refractivity contribution in [3.8, 4) is 0 Å². The second kappa shape index (κ2) is 7.61. The first kappa shape index (κ1) is 19.2. The number of ether oxygens (including phenoxy) is 1. The molecule has 144 valence electrons. The van der Waals surface area contributed by atoms with E-state index in [1.165, 1.54) is 7.11 Å². The van der Waals surface area contributed by atoms with E-state index in [0.29, 0.717) is 34.7 Å². The fourth-order valence-corrected chi connectivity index (χ4v) is 3.38. The fraction of sp³-hybridized carbons (Fsp3) is 0.333. The molecule has 3 aromatic rings. The maximum atomic E-state index is 13.4. The first-order valence-corrected chi connectivity index (χ1v) is 8.58. The highest BCUT2D eigenvalue weighted by Crippen LogP contribution is 2.24. The Morgan fingerprint density at radius 2 is 2.00 bits per heavy atom. The molecule has 0 spiro atoms. The van der Waals surface area contributed by atoms with Gasteiger partial charge in [0, 0.05) is 0 Å². The minimum Gasteiger partial charge on any atom is -0.465 e. The Bertz CT molecular complexity index is 1040. The highest BCUT2D eigenvalue weighted by molar-refractivity contribution is 7.71. The Balaban J connectivity index is 1.87. The summed E-state index contributed by atoms with van der Waals surface area (Å²) < 4.78 is 39.7. The normalized spacial score (nSPS) is 11.7. The van der Waals surface area contributed by atoms with Gasteiger partial charge < -0.3 is 13.7 Å². The number of aryl methyl sites for hydroxylation is 1. The summed E-state index contributed by atoms with van der Waals surface area (Å²) in [4.78, 5) is 13.6. The number of hydrogen-bond donors (Lipinski definition) is 0. The average Bonchev–Trinajstić information content (AvgIpc) is 3.12. The largest absolute Gasteiger partial charge is 0.465 e. The number of benzene rings is 1. The maximum Gasteiger partial charge on any atom is 0.341 e. The zero-order chi connectivity index (χ0) is 19.7. The van der Waals surface area contributed by atoms with Crippen LogP contribution in [0.2, 0.25) is 0 Å². The molecule has 2 heterocycles. The lowest BCUT2D eigenvalue weighted by Crippen LogP contribution is -2.21. The third-order valence-corrected chi connectivity index (χ3v) is 4.66. The minimum absolute atomic E-state index is 0.0453. The monoisotopic (exact) mass is 395 g/mol. The van der Waals surface area contributed by atoms with Crippen molar-refractivity contribution in [1.29, 1.82) is 0 Å². The van der Waals surface area contributed by atoms with Crippen LogP contribution in [0.25, 0.3) is 11.0 Å². The Kier molecular flexibility index (Phi) is 5.43. The van der Waals surface area contributed by atoms with Gasteiger partial charge in [-0.2, -0.15) is 8.78 Å². The van der Waals surface area contributed by atoms with Crippen LogP contribution in [0.5, 0.6) is 0 Å². The van der Waals surface area contributed by atoms with Crippen LogP contribution >= 0.6 is 12.2 Å². The SMILES string of the molecule is COC(=O)c1cc(CN(C)Cn2c(=S)n(C(F)F)c3ccccc32)oc1C. The minimum atomic E-state index is -2.72. The summed E-state index contributed by atoms with van der Waals surface area (Å²) in [5.41, 5.74) is 1.38. The number of fused-ring (bicyclic) bond motifs is 1. The molecule has 0 aliphatic carbocycles. The van der Waals surface area contributed by atoms with Crippen LogP contribution in [-0.4, -0.2) is 34.2 Å². The Hall–Kier alpha value is -2.52. The second-order valence-corrected chi connectivity index (χ2v) is 6.54. The maximum absolute atomic E-state index is 13.4. The van der Waals surface area contributed by atoms with Gasteiger partial charge in [0.1, 0.15) is 17.1 Å². The topological polar surface area (TPSA) is 52.5 Å². The molecule has 0 unspecified atom stereocenters. The molecule has 0 saturated heterocycles. The van der Waals surface area contributed by atoms with E-state index in [-0.39, 0.29) is 11.4 Å². The van der Waals surface area contributed by atoms with E-state index in [9.17, 15) is 13.6 Å². The molecule has 0 amide bonds. The van der Waals surface area contributed by atoms with Crippen LogP contribution in [0, 0.1) is 11.7 Å². The third-order valence-electron chi connectivity index (χ3n) is 4.25. The van der Waals surface area contributed by atoms with Crippen molar-refractivity contribution < 1.29 is 22.7 Å². The van der Waals surface area contributed by atoms with Gasteiger partial charge in [-0.1, -0.05) is 12.1 Å². The summed E-state index contributed by atoms with van der Waals surface area (Å²) in [7, 11) is 3.12. The summed E-state index contributed by atoms with van der Waals surface area (Å²) in [6.45, 7) is -0.383. The lowest BCUT2D eigenvalue weighted by atomic mass is 10.2. The lowest BCUT2D eigenvalue weighted by molar-refractivity contribution is 0.0598. The zero-order valence-corrected chi connectivity index (χ0v) is 15.9. The van der Waals surface area contributed by atoms with Crippen molar-refractivity contribution in [3.63, 3.8) is 0 Å². The Morgan fingerprint density at radius 3 is 2.63 bits per heavy atom. The molecule has 0 N–H and O–H groups in total. The smallest absolute Gasteiger partial charge is 0.341 e. The molecule has 6 nitrogen and oxygen atoms in total. The van der Waals surface area contributed by atoms with Gasteiger partial charge in [0.15, 0.2) is 4.77 Å². The van der Waals surface area contributed by atoms with Gasteiger partial charge in [-0.3, -0.25) is 9.47 Å². The molecule has 0 aliphatic rings. The highest BCUT2D eigenvalue weighted by atomic mass is 32.1. The first-order valence-electron chi connectivity index (χ1n) is 8.17. The predicted octanol–water partition coefficient (Wildman–Crippen LogP) is 4.34. The molecule has 2 aromatic heterocycles. The number of methoxy groups -OCH3 is 1. The molecule has 3 rings (SSSR count). The van der Waals surface area contributed by atoms with Crippen LogP contribution in [0.1, 0.15) is 28.4 Å². The van der Waals surface area contributed by atoms with Gasteiger partial charge in [0.05, 0.1) is 31.4 Å². The number of halogens is 2. The number of imidazole rings is 1. The number of alkyl halides is 2. The van der Waals surface area contributed by atoms with Crippen LogP contribution in [0.4, 0.5) is 8.78 Å². The third kappa shape index (κ3) is 3.65. The number of carbonyl (C=O) groups excluding carboxylic acids is 1. The number of rotatable bonds is 6. The van der Waals surface area contributed by atoms with Gasteiger partial charge in [-0.05, 0) is 44.4 Å². The summed E-state index contributed by atoms with van der Waals surface area (Å²) >= 11 is 5.26. The van der Waals surface area contributed by atoms with Crippen molar-refractivity contribution in [2.45, 2.75) is 26.7 Å². The molecule has 0 saturated carbocycles. The van der Waals surface area contributed by atoms with E-state index in [2.05, 4.69) is 0 Å². The number of carbonyl (C=O) groups is 1. The molecule has 27 heavy (non-hydrogen) atoms. The summed E-state index contributed by atoms with van der Waals surface area (Å²) in [6, 6.07) is 8.47. The molecule has 0 fully saturated rings. The van der Waals surface area contributed by atoms with Crippen molar-refractivity contribution in [2.24, 2.45) is 0 Å². The van der Waals surface area contributed by atoms with Gasteiger partial charge >= 0.3 is 12.5 Å². The molecular formula is C18H19F2N3O3S. The molecule has 1 aromatic carbocycles. The van der Waals surface area contributed by atoms with E-state index < -0.39 is 12.5 Å². The molecule has 0 aliphatic heterocycles. The standard InChI is InChI=1S/C18H19F2N3O3S/c1-11-13(16(24)25-3)8-12(26-11)9-21(2)10-22-14-6-4-5-7-15(14)23(17(19)20)18(22)27/h4-8,17H,9-10H2,1-3H3. The number of para-hydroxylation sites is 2. The number of furan rings is 1. The Labute approximate surface area is 159 Å². The first-order chi connectivity index (χ1) is 12.8. The van der Waals surface area contributed by atoms with Gasteiger partial charge in [0.25, 0.3) is 0 Å². The molecule has 0 atom stereocenters. The van der Waals surface area contributed by atoms with Crippen LogP contribution in [0.3, 0.4) is 0 Å². The van der Waals surface area contributed by atoms with Crippen molar-refractivity contribution in [2.75, 3.05) is 14.2 Å². The number of esters is 1. The van der Waals surface area contributed by atoms with Gasteiger partial charge in [-0.25, -0.2) is 4.79 Å². The van der Waals surface area contributed by atoms with Crippen LogP contribution < -0.4 is 0 Å². The van der Waals surface area contributed by atoms with E-state index in [4.69, 9.17) is 21.4 Å². The highest BCUT2D eigenvalue weighted by Gasteiger charge is 2.19. The van der Waals surface area contributed by atoms with Crippen molar-refractivity contribution in [1.82, 2.24) is 14.0 Å². The molecule has 0 radical (unpaired) electrons. The molecule has 0 bridgehead atoms.